The smallest absolute Gasteiger partial charge is 0.322 e. The molecule has 0 amide bonds. The first kappa shape index (κ1) is 9.48. The van der Waals surface area contributed by atoms with Gasteiger partial charge in [-0.25, -0.2) is 0 Å². The summed E-state index contributed by atoms with van der Waals surface area (Å²) in [6, 6.07) is -0.380. The van der Waals surface area contributed by atoms with E-state index >= 15 is 0 Å². The molecule has 4 nitrogen and oxygen atoms in total. The molecule has 1 saturated heterocycles. The Hall–Kier alpha value is -0.610. The molecule has 1 rings (SSSR count). The van der Waals surface area contributed by atoms with Gasteiger partial charge in [0, 0.05) is 6.04 Å². The van der Waals surface area contributed by atoms with E-state index in [4.69, 9.17) is 5.11 Å². The van der Waals surface area contributed by atoms with Gasteiger partial charge in [-0.2, -0.15) is 0 Å². The Kier molecular flexibility index (Phi) is 3.05. The van der Waals surface area contributed by atoms with Crippen LogP contribution in [0.1, 0.15) is 13.3 Å². The van der Waals surface area contributed by atoms with E-state index in [1.807, 2.05) is 0 Å². The monoisotopic (exact) mass is 172 g/mol. The molecule has 1 aliphatic heterocycles. The SMILES string of the molecule is CN[C@H](C(=O)O)[C@H]1NCC[C@H]1C. The largest absolute Gasteiger partial charge is 0.480 e. The molecule has 3 N–H and O–H groups in total. The van der Waals surface area contributed by atoms with Crippen molar-refractivity contribution < 1.29 is 9.90 Å². The van der Waals surface area contributed by atoms with Gasteiger partial charge in [0.05, 0.1) is 0 Å². The molecule has 1 aliphatic rings. The fourth-order valence-electron chi connectivity index (χ4n) is 1.76. The second-order valence-corrected chi connectivity index (χ2v) is 3.35. The number of likely N-dealkylation sites (N-methyl/N-ethyl adjacent to an activating group) is 1. The highest BCUT2D eigenvalue weighted by Gasteiger charge is 2.33. The number of nitrogens with one attached hydrogen (secondary N) is 2. The van der Waals surface area contributed by atoms with Gasteiger partial charge in [-0.15, -0.1) is 0 Å². The number of carboxylic acids is 1. The number of aliphatic carboxylic acids is 1. The van der Waals surface area contributed by atoms with Crippen LogP contribution in [0.3, 0.4) is 0 Å². The lowest BCUT2D eigenvalue weighted by Crippen LogP contribution is -2.50. The molecule has 3 atom stereocenters. The number of rotatable bonds is 3. The average Bonchev–Trinajstić information content (AvgIpc) is 2.38. The Morgan fingerprint density at radius 3 is 2.75 bits per heavy atom. The van der Waals surface area contributed by atoms with Crippen LogP contribution in [0.15, 0.2) is 0 Å². The Balaban J connectivity index is 2.58. The number of hydrogen-bond acceptors (Lipinski definition) is 3. The molecule has 0 bridgehead atoms. The van der Waals surface area contributed by atoms with Crippen LogP contribution in [-0.2, 0) is 4.79 Å². The maximum Gasteiger partial charge on any atom is 0.322 e. The summed E-state index contributed by atoms with van der Waals surface area (Å²) in [5.74, 6) is -0.331. The number of carbonyl (C=O) groups is 1. The standard InChI is InChI=1S/C8H16N2O2/c1-5-3-4-10-6(5)7(9-2)8(11)12/h5-7,9-10H,3-4H2,1-2H3,(H,11,12)/t5-,6+,7+/m1/s1. The van der Waals surface area contributed by atoms with Crippen molar-refractivity contribution in [1.82, 2.24) is 10.6 Å². The quantitative estimate of drug-likeness (QED) is 0.545. The first-order chi connectivity index (χ1) is 5.66. The number of carboxylic acid groups (broad SMARTS) is 1. The molecule has 0 saturated carbocycles. The third kappa shape index (κ3) is 1.76. The highest BCUT2D eigenvalue weighted by Crippen LogP contribution is 2.17. The summed E-state index contributed by atoms with van der Waals surface area (Å²) in [4.78, 5) is 10.8. The maximum atomic E-state index is 10.8. The van der Waals surface area contributed by atoms with Gasteiger partial charge in [-0.3, -0.25) is 4.79 Å². The summed E-state index contributed by atoms with van der Waals surface area (Å²) < 4.78 is 0. The Morgan fingerprint density at radius 2 is 2.42 bits per heavy atom. The highest BCUT2D eigenvalue weighted by molar-refractivity contribution is 5.74. The van der Waals surface area contributed by atoms with Gasteiger partial charge in [0.2, 0.25) is 0 Å². The lowest BCUT2D eigenvalue weighted by atomic mass is 9.96. The summed E-state index contributed by atoms with van der Waals surface area (Å²) in [5, 5.41) is 14.9. The van der Waals surface area contributed by atoms with Gasteiger partial charge in [0.15, 0.2) is 0 Å². The van der Waals surface area contributed by atoms with Crippen LogP contribution in [0.2, 0.25) is 0 Å². The van der Waals surface area contributed by atoms with E-state index in [0.717, 1.165) is 13.0 Å². The summed E-state index contributed by atoms with van der Waals surface area (Å²) in [7, 11) is 1.69. The Morgan fingerprint density at radius 1 is 1.75 bits per heavy atom. The van der Waals surface area contributed by atoms with Crippen molar-refractivity contribution in [1.29, 1.82) is 0 Å². The molecule has 0 spiro atoms. The van der Waals surface area contributed by atoms with Gasteiger partial charge >= 0.3 is 5.97 Å². The molecule has 1 fully saturated rings. The first-order valence-electron chi connectivity index (χ1n) is 4.30. The number of hydrogen-bond donors (Lipinski definition) is 3. The molecule has 0 aromatic rings. The van der Waals surface area contributed by atoms with Gasteiger partial charge in [-0.05, 0) is 25.9 Å². The molecule has 0 radical (unpaired) electrons. The van der Waals surface area contributed by atoms with Gasteiger partial charge in [0.1, 0.15) is 6.04 Å². The van der Waals surface area contributed by atoms with Crippen molar-refractivity contribution >= 4 is 5.97 Å². The minimum Gasteiger partial charge on any atom is -0.480 e. The zero-order valence-corrected chi connectivity index (χ0v) is 7.50. The predicted molar refractivity (Wildman–Crippen MR) is 46.1 cm³/mol. The van der Waals surface area contributed by atoms with E-state index in [9.17, 15) is 4.79 Å². The van der Waals surface area contributed by atoms with Crippen molar-refractivity contribution in [2.24, 2.45) is 5.92 Å². The highest BCUT2D eigenvalue weighted by atomic mass is 16.4. The van der Waals surface area contributed by atoms with E-state index in [2.05, 4.69) is 17.6 Å². The summed E-state index contributed by atoms with van der Waals surface area (Å²) >= 11 is 0. The third-order valence-electron chi connectivity index (χ3n) is 2.53. The summed E-state index contributed by atoms with van der Waals surface area (Å²) in [5.41, 5.74) is 0. The fourth-order valence-corrected chi connectivity index (χ4v) is 1.76. The topological polar surface area (TPSA) is 61.4 Å². The molecule has 0 aromatic carbocycles. The van der Waals surface area contributed by atoms with Crippen LogP contribution in [0.25, 0.3) is 0 Å². The molecule has 70 valence electrons. The molecule has 1 heterocycles. The fraction of sp³-hybridized carbons (Fsp3) is 0.875. The third-order valence-corrected chi connectivity index (χ3v) is 2.53. The molecule has 0 aromatic heterocycles. The average molecular weight is 172 g/mol. The Labute approximate surface area is 72.3 Å². The minimum atomic E-state index is -0.774. The van der Waals surface area contributed by atoms with Crippen LogP contribution in [-0.4, -0.2) is 36.8 Å². The zero-order chi connectivity index (χ0) is 9.14. The van der Waals surface area contributed by atoms with E-state index in [-0.39, 0.29) is 6.04 Å². The van der Waals surface area contributed by atoms with Gasteiger partial charge in [0.25, 0.3) is 0 Å². The van der Waals surface area contributed by atoms with E-state index in [1.165, 1.54) is 0 Å². The maximum absolute atomic E-state index is 10.8. The normalized spacial score (nSPS) is 31.8. The van der Waals surface area contributed by atoms with Crippen LogP contribution < -0.4 is 10.6 Å². The molecule has 0 aliphatic carbocycles. The zero-order valence-electron chi connectivity index (χ0n) is 7.50. The van der Waals surface area contributed by atoms with Crippen LogP contribution in [0, 0.1) is 5.92 Å². The molecular formula is C8H16N2O2. The first-order valence-corrected chi connectivity index (χ1v) is 4.30. The Bertz CT molecular complexity index is 172. The van der Waals surface area contributed by atoms with Crippen LogP contribution in [0.4, 0.5) is 0 Å². The second-order valence-electron chi connectivity index (χ2n) is 3.35. The lowest BCUT2D eigenvalue weighted by Gasteiger charge is -2.22. The molecule has 4 heteroatoms. The van der Waals surface area contributed by atoms with Crippen molar-refractivity contribution in [2.75, 3.05) is 13.6 Å². The van der Waals surface area contributed by atoms with Crippen LogP contribution >= 0.6 is 0 Å². The molecule has 0 unspecified atom stereocenters. The summed E-state index contributed by atoms with van der Waals surface area (Å²) in [6.07, 6.45) is 1.07. The molecule has 12 heavy (non-hydrogen) atoms. The van der Waals surface area contributed by atoms with Gasteiger partial charge < -0.3 is 15.7 Å². The van der Waals surface area contributed by atoms with Crippen molar-refractivity contribution in [3.8, 4) is 0 Å². The van der Waals surface area contributed by atoms with Crippen LogP contribution in [0.5, 0.6) is 0 Å². The van der Waals surface area contributed by atoms with E-state index < -0.39 is 12.0 Å². The van der Waals surface area contributed by atoms with E-state index in [1.54, 1.807) is 7.05 Å². The second kappa shape index (κ2) is 3.87. The van der Waals surface area contributed by atoms with Gasteiger partial charge in [-0.1, -0.05) is 6.92 Å². The van der Waals surface area contributed by atoms with Crippen molar-refractivity contribution in [3.63, 3.8) is 0 Å². The van der Waals surface area contributed by atoms with E-state index in [0.29, 0.717) is 5.92 Å². The minimum absolute atomic E-state index is 0.0764. The molecular weight excluding hydrogens is 156 g/mol. The van der Waals surface area contributed by atoms with Crippen molar-refractivity contribution in [3.05, 3.63) is 0 Å². The summed E-state index contributed by atoms with van der Waals surface area (Å²) in [6.45, 7) is 3.01. The predicted octanol–water partition coefficient (Wildman–Crippen LogP) is -0.343. The van der Waals surface area contributed by atoms with Crippen molar-refractivity contribution in [2.45, 2.75) is 25.4 Å². The lowest BCUT2D eigenvalue weighted by molar-refractivity contribution is -0.140.